The summed E-state index contributed by atoms with van der Waals surface area (Å²) in [5.74, 6) is -0.489. The molecule has 0 saturated carbocycles. The number of likely N-dealkylation sites (tertiary alicyclic amines) is 1. The van der Waals surface area contributed by atoms with Crippen molar-refractivity contribution in [1.82, 2.24) is 15.1 Å². The summed E-state index contributed by atoms with van der Waals surface area (Å²) >= 11 is 0. The maximum Gasteiger partial charge on any atom is 0.265 e. The zero-order valence-electron chi connectivity index (χ0n) is 25.4. The van der Waals surface area contributed by atoms with E-state index in [0.29, 0.717) is 49.4 Å². The van der Waals surface area contributed by atoms with E-state index in [1.54, 1.807) is 29.2 Å². The zero-order chi connectivity index (χ0) is 31.7. The molecule has 0 bridgehead atoms. The number of amidine groups is 1. The summed E-state index contributed by atoms with van der Waals surface area (Å²) in [6.45, 7) is 3.19. The first-order valence-corrected chi connectivity index (χ1v) is 15.7. The number of aliphatic imine (C=N–C) groups is 1. The van der Waals surface area contributed by atoms with E-state index in [0.717, 1.165) is 30.9 Å². The Kier molecular flexibility index (Phi) is 7.86. The highest BCUT2D eigenvalue weighted by Crippen LogP contribution is 2.42. The largest absolute Gasteiger partial charge is 0.339 e. The SMILES string of the molecule is O=C1N(CCCN2CCC3(CC2)C(=O)NCN3c2ccccc2)C(c2ccccc2)=NC1(c1ccc(F)cc1)c1ccc(F)cc1. The molecular formula is C37H35F2N5O2. The molecule has 0 aliphatic carbocycles. The van der Waals surface area contributed by atoms with E-state index in [-0.39, 0.29) is 11.8 Å². The first-order valence-electron chi connectivity index (χ1n) is 15.7. The van der Waals surface area contributed by atoms with Gasteiger partial charge >= 0.3 is 0 Å². The molecule has 2 amide bonds. The van der Waals surface area contributed by atoms with Crippen molar-refractivity contribution in [2.75, 3.05) is 37.7 Å². The van der Waals surface area contributed by atoms with E-state index in [1.165, 1.54) is 24.3 Å². The molecule has 9 heteroatoms. The average molecular weight is 620 g/mol. The summed E-state index contributed by atoms with van der Waals surface area (Å²) in [6, 6.07) is 31.2. The number of nitrogens with zero attached hydrogens (tertiary/aromatic N) is 4. The van der Waals surface area contributed by atoms with Gasteiger partial charge in [0.1, 0.15) is 23.0 Å². The summed E-state index contributed by atoms with van der Waals surface area (Å²) in [6.07, 6.45) is 2.11. The molecule has 234 valence electrons. The number of nitrogens with one attached hydrogen (secondary N) is 1. The minimum absolute atomic E-state index is 0.0836. The molecule has 0 unspecified atom stereocenters. The van der Waals surface area contributed by atoms with E-state index in [9.17, 15) is 18.4 Å². The smallest absolute Gasteiger partial charge is 0.265 e. The van der Waals surface area contributed by atoms with E-state index < -0.39 is 22.7 Å². The van der Waals surface area contributed by atoms with Crippen LogP contribution in [0.2, 0.25) is 0 Å². The molecule has 1 spiro atoms. The molecule has 3 heterocycles. The number of amides is 2. The lowest BCUT2D eigenvalue weighted by Gasteiger charge is -2.43. The van der Waals surface area contributed by atoms with Gasteiger partial charge in [-0.1, -0.05) is 72.8 Å². The van der Waals surface area contributed by atoms with E-state index in [1.807, 2.05) is 60.7 Å². The third kappa shape index (κ3) is 5.14. The summed E-state index contributed by atoms with van der Waals surface area (Å²) in [7, 11) is 0. The van der Waals surface area contributed by atoms with Crippen LogP contribution in [-0.4, -0.2) is 65.8 Å². The van der Waals surface area contributed by atoms with E-state index in [2.05, 4.69) is 15.1 Å². The van der Waals surface area contributed by atoms with Crippen molar-refractivity contribution in [2.45, 2.75) is 30.3 Å². The third-order valence-electron chi connectivity index (χ3n) is 9.58. The van der Waals surface area contributed by atoms with Crippen molar-refractivity contribution in [3.63, 3.8) is 0 Å². The predicted molar refractivity (Wildman–Crippen MR) is 173 cm³/mol. The molecule has 7 rings (SSSR count). The highest BCUT2D eigenvalue weighted by Gasteiger charge is 2.52. The fraction of sp³-hybridized carbons (Fsp3) is 0.270. The summed E-state index contributed by atoms with van der Waals surface area (Å²) < 4.78 is 28.1. The molecule has 4 aromatic rings. The highest BCUT2D eigenvalue weighted by molar-refractivity contribution is 6.16. The lowest BCUT2D eigenvalue weighted by atomic mass is 9.82. The summed E-state index contributed by atoms with van der Waals surface area (Å²) in [5, 5.41) is 3.06. The second kappa shape index (κ2) is 12.1. The lowest BCUT2D eigenvalue weighted by Crippen LogP contribution is -2.56. The summed E-state index contributed by atoms with van der Waals surface area (Å²) in [5.41, 5.74) is 0.817. The topological polar surface area (TPSA) is 68.2 Å². The van der Waals surface area contributed by atoms with Crippen molar-refractivity contribution in [1.29, 1.82) is 0 Å². The number of halogens is 2. The van der Waals surface area contributed by atoms with Crippen LogP contribution in [0.25, 0.3) is 0 Å². The Morgan fingerprint density at radius 2 is 1.28 bits per heavy atom. The average Bonchev–Trinajstić information content (AvgIpc) is 3.57. The number of hydrogen-bond acceptors (Lipinski definition) is 5. The molecule has 0 aromatic heterocycles. The van der Waals surface area contributed by atoms with Gasteiger partial charge in [-0.05, 0) is 73.3 Å². The van der Waals surface area contributed by atoms with Crippen molar-refractivity contribution in [3.8, 4) is 0 Å². The van der Waals surface area contributed by atoms with Crippen molar-refractivity contribution < 1.29 is 18.4 Å². The molecule has 7 nitrogen and oxygen atoms in total. The Bertz CT molecular complexity index is 1690. The quantitative estimate of drug-likeness (QED) is 0.290. The fourth-order valence-electron chi connectivity index (χ4n) is 7.13. The van der Waals surface area contributed by atoms with Crippen LogP contribution in [0.1, 0.15) is 36.0 Å². The fourth-order valence-corrected chi connectivity index (χ4v) is 7.13. The van der Waals surface area contributed by atoms with Gasteiger partial charge < -0.3 is 15.1 Å². The Morgan fingerprint density at radius 1 is 0.717 bits per heavy atom. The Balaban J connectivity index is 1.12. The number of piperidine rings is 1. The van der Waals surface area contributed by atoms with Crippen LogP contribution in [0.3, 0.4) is 0 Å². The second-order valence-electron chi connectivity index (χ2n) is 12.1. The van der Waals surface area contributed by atoms with Gasteiger partial charge in [0.2, 0.25) is 5.91 Å². The second-order valence-corrected chi connectivity index (χ2v) is 12.1. The number of anilines is 1. The third-order valence-corrected chi connectivity index (χ3v) is 9.58. The number of benzene rings is 4. The van der Waals surface area contributed by atoms with Gasteiger partial charge in [0, 0.05) is 30.9 Å². The normalized spacial score (nSPS) is 19.0. The van der Waals surface area contributed by atoms with Crippen LogP contribution in [0.4, 0.5) is 14.5 Å². The van der Waals surface area contributed by atoms with Crippen molar-refractivity contribution >= 4 is 23.3 Å². The number of hydrogen-bond donors (Lipinski definition) is 1. The maximum absolute atomic E-state index is 14.6. The molecule has 3 aliphatic rings. The minimum Gasteiger partial charge on any atom is -0.339 e. The standard InChI is InChI=1S/C37H35F2N5O2/c38-30-16-12-28(13-17-30)37(29-14-18-31(39)19-15-29)35(46)43(33(41-37)27-8-3-1-4-9-27)23-7-22-42-24-20-36(21-25-42)34(45)40-26-44(36)32-10-5-2-6-11-32/h1-6,8-19H,7,20-26H2,(H,40,45). The van der Waals surface area contributed by atoms with Gasteiger partial charge in [-0.25, -0.2) is 13.8 Å². The van der Waals surface area contributed by atoms with Gasteiger partial charge in [0.25, 0.3) is 5.91 Å². The first-order chi connectivity index (χ1) is 22.4. The van der Waals surface area contributed by atoms with Crippen LogP contribution in [-0.2, 0) is 15.1 Å². The number of rotatable bonds is 8. The molecule has 46 heavy (non-hydrogen) atoms. The zero-order valence-corrected chi connectivity index (χ0v) is 25.4. The molecule has 3 aliphatic heterocycles. The van der Waals surface area contributed by atoms with Gasteiger partial charge in [-0.2, -0.15) is 0 Å². The molecular weight excluding hydrogens is 584 g/mol. The Labute approximate surface area is 267 Å². The van der Waals surface area contributed by atoms with Gasteiger partial charge in [-0.3, -0.25) is 14.5 Å². The van der Waals surface area contributed by atoms with Gasteiger partial charge in [0.15, 0.2) is 5.54 Å². The molecule has 2 fully saturated rings. The first kappa shape index (κ1) is 29.8. The predicted octanol–water partition coefficient (Wildman–Crippen LogP) is 5.32. The van der Waals surface area contributed by atoms with Gasteiger partial charge in [-0.15, -0.1) is 0 Å². The minimum atomic E-state index is -1.49. The lowest BCUT2D eigenvalue weighted by molar-refractivity contribution is -0.130. The Hall–Kier alpha value is -4.89. The molecule has 2 saturated heterocycles. The van der Waals surface area contributed by atoms with Crippen molar-refractivity contribution in [3.05, 3.63) is 138 Å². The molecule has 1 N–H and O–H groups in total. The molecule has 4 aromatic carbocycles. The van der Waals surface area contributed by atoms with E-state index >= 15 is 0 Å². The van der Waals surface area contributed by atoms with E-state index in [4.69, 9.17) is 4.99 Å². The monoisotopic (exact) mass is 619 g/mol. The van der Waals surface area contributed by atoms with Gasteiger partial charge in [0.05, 0.1) is 6.67 Å². The number of para-hydroxylation sites is 1. The maximum atomic E-state index is 14.6. The number of carbonyl (C=O) groups excluding carboxylic acids is 2. The summed E-state index contributed by atoms with van der Waals surface area (Å²) in [4.78, 5) is 39.1. The van der Waals surface area contributed by atoms with Crippen LogP contribution in [0.5, 0.6) is 0 Å². The van der Waals surface area contributed by atoms with Crippen LogP contribution < -0.4 is 10.2 Å². The Morgan fingerprint density at radius 3 is 1.87 bits per heavy atom. The molecule has 0 atom stereocenters. The van der Waals surface area contributed by atoms with Crippen LogP contribution in [0, 0.1) is 11.6 Å². The highest BCUT2D eigenvalue weighted by atomic mass is 19.1. The number of carbonyl (C=O) groups is 2. The molecule has 0 radical (unpaired) electrons. The van der Waals surface area contributed by atoms with Crippen LogP contribution in [0.15, 0.2) is 114 Å². The van der Waals surface area contributed by atoms with Crippen molar-refractivity contribution in [2.24, 2.45) is 4.99 Å². The van der Waals surface area contributed by atoms with Crippen LogP contribution >= 0.6 is 0 Å².